The van der Waals surface area contributed by atoms with Gasteiger partial charge in [-0.1, -0.05) is 60.7 Å². The Balaban J connectivity index is 1.67. The molecule has 0 radical (unpaired) electrons. The number of carbonyl (C=O) groups is 1. The molecule has 0 aliphatic carbocycles. The summed E-state index contributed by atoms with van der Waals surface area (Å²) in [5.41, 5.74) is 3.80. The van der Waals surface area contributed by atoms with Crippen LogP contribution in [0.25, 0.3) is 10.9 Å². The van der Waals surface area contributed by atoms with Crippen molar-refractivity contribution < 1.29 is 4.79 Å². The van der Waals surface area contributed by atoms with Gasteiger partial charge < -0.3 is 10.3 Å². The van der Waals surface area contributed by atoms with E-state index in [1.54, 1.807) is 0 Å². The Labute approximate surface area is 146 Å². The number of amides is 1. The topological polar surface area (TPSA) is 44.9 Å². The van der Waals surface area contributed by atoms with Gasteiger partial charge >= 0.3 is 0 Å². The summed E-state index contributed by atoms with van der Waals surface area (Å²) in [7, 11) is 0. The highest BCUT2D eigenvalue weighted by Crippen LogP contribution is 2.23. The molecule has 0 spiro atoms. The zero-order valence-corrected chi connectivity index (χ0v) is 13.6. The van der Waals surface area contributed by atoms with Gasteiger partial charge in [-0.05, 0) is 35.4 Å². The highest BCUT2D eigenvalue weighted by molar-refractivity contribution is 5.98. The van der Waals surface area contributed by atoms with Crippen molar-refractivity contribution in [1.29, 1.82) is 0 Å². The molecule has 1 amide bonds. The third-order valence-corrected chi connectivity index (χ3v) is 4.36. The molecule has 0 aliphatic rings. The van der Waals surface area contributed by atoms with Gasteiger partial charge in [0.15, 0.2) is 0 Å². The maximum atomic E-state index is 12.8. The Bertz CT molecular complexity index is 951. The number of H-pyrrole nitrogens is 1. The lowest BCUT2D eigenvalue weighted by Gasteiger charge is -2.20. The van der Waals surface area contributed by atoms with Gasteiger partial charge in [-0.3, -0.25) is 4.79 Å². The van der Waals surface area contributed by atoms with Crippen molar-refractivity contribution >= 4 is 16.8 Å². The minimum absolute atomic E-state index is 0.0826. The fraction of sp³-hybridized carbons (Fsp3) is 0.0455. The molecule has 4 aromatic rings. The molecule has 122 valence electrons. The minimum atomic E-state index is -0.183. The maximum Gasteiger partial charge on any atom is 0.252 e. The molecule has 0 bridgehead atoms. The Hall–Kier alpha value is -3.33. The SMILES string of the molecule is O=C(NC(c1ccccc1)c1ccccc1)c1ccc2[nH]ccc2c1. The zero-order chi connectivity index (χ0) is 17.1. The van der Waals surface area contributed by atoms with E-state index in [1.807, 2.05) is 91.1 Å². The highest BCUT2D eigenvalue weighted by atomic mass is 16.1. The molecule has 0 atom stereocenters. The predicted octanol–water partition coefficient (Wildman–Crippen LogP) is 4.69. The van der Waals surface area contributed by atoms with Crippen LogP contribution in [-0.4, -0.2) is 10.9 Å². The second kappa shape index (κ2) is 6.65. The van der Waals surface area contributed by atoms with Crippen LogP contribution in [0.2, 0.25) is 0 Å². The van der Waals surface area contributed by atoms with E-state index in [9.17, 15) is 4.79 Å². The third kappa shape index (κ3) is 3.17. The number of benzene rings is 3. The minimum Gasteiger partial charge on any atom is -0.361 e. The van der Waals surface area contributed by atoms with E-state index >= 15 is 0 Å². The van der Waals surface area contributed by atoms with Crippen LogP contribution in [0.5, 0.6) is 0 Å². The van der Waals surface area contributed by atoms with E-state index in [0.29, 0.717) is 5.56 Å². The first-order chi connectivity index (χ1) is 12.3. The van der Waals surface area contributed by atoms with Crippen molar-refractivity contribution in [2.45, 2.75) is 6.04 Å². The van der Waals surface area contributed by atoms with E-state index in [2.05, 4.69) is 10.3 Å². The van der Waals surface area contributed by atoms with E-state index in [0.717, 1.165) is 22.0 Å². The van der Waals surface area contributed by atoms with Gasteiger partial charge in [0, 0.05) is 22.7 Å². The van der Waals surface area contributed by atoms with E-state index in [-0.39, 0.29) is 11.9 Å². The van der Waals surface area contributed by atoms with Crippen LogP contribution in [0, 0.1) is 0 Å². The fourth-order valence-corrected chi connectivity index (χ4v) is 3.06. The molecule has 25 heavy (non-hydrogen) atoms. The van der Waals surface area contributed by atoms with Crippen LogP contribution in [0.3, 0.4) is 0 Å². The Morgan fingerprint density at radius 1 is 0.800 bits per heavy atom. The first kappa shape index (κ1) is 15.2. The molecule has 0 aliphatic heterocycles. The van der Waals surface area contributed by atoms with Gasteiger partial charge in [0.1, 0.15) is 0 Å². The summed E-state index contributed by atoms with van der Waals surface area (Å²) in [6.07, 6.45) is 1.88. The summed E-state index contributed by atoms with van der Waals surface area (Å²) in [6, 6.07) is 27.5. The molecule has 3 aromatic carbocycles. The molecule has 3 heteroatoms. The van der Waals surface area contributed by atoms with Gasteiger partial charge in [0.25, 0.3) is 5.91 Å². The van der Waals surface area contributed by atoms with Gasteiger partial charge in [-0.25, -0.2) is 0 Å². The van der Waals surface area contributed by atoms with E-state index in [1.165, 1.54) is 0 Å². The second-order valence-electron chi connectivity index (χ2n) is 6.01. The van der Waals surface area contributed by atoms with Crippen molar-refractivity contribution in [3.8, 4) is 0 Å². The molecule has 3 nitrogen and oxygen atoms in total. The second-order valence-corrected chi connectivity index (χ2v) is 6.01. The third-order valence-electron chi connectivity index (χ3n) is 4.36. The monoisotopic (exact) mass is 326 g/mol. The average Bonchev–Trinajstić information content (AvgIpc) is 3.15. The van der Waals surface area contributed by atoms with Crippen LogP contribution < -0.4 is 5.32 Å². The summed E-state index contributed by atoms with van der Waals surface area (Å²) in [6.45, 7) is 0. The highest BCUT2D eigenvalue weighted by Gasteiger charge is 2.17. The summed E-state index contributed by atoms with van der Waals surface area (Å²) in [5.74, 6) is -0.0826. The molecular weight excluding hydrogens is 308 g/mol. The zero-order valence-electron chi connectivity index (χ0n) is 13.6. The number of fused-ring (bicyclic) bond motifs is 1. The van der Waals surface area contributed by atoms with Gasteiger partial charge in [0.05, 0.1) is 6.04 Å². The van der Waals surface area contributed by atoms with E-state index in [4.69, 9.17) is 0 Å². The smallest absolute Gasteiger partial charge is 0.252 e. The lowest BCUT2D eigenvalue weighted by Crippen LogP contribution is -2.29. The molecule has 1 heterocycles. The predicted molar refractivity (Wildman–Crippen MR) is 100 cm³/mol. The number of hydrogen-bond donors (Lipinski definition) is 2. The molecule has 0 unspecified atom stereocenters. The fourth-order valence-electron chi connectivity index (χ4n) is 3.06. The number of hydrogen-bond acceptors (Lipinski definition) is 1. The molecular formula is C22H18N2O. The van der Waals surface area contributed by atoms with Crippen molar-refractivity contribution in [2.75, 3.05) is 0 Å². The Morgan fingerprint density at radius 3 is 2.08 bits per heavy atom. The number of carbonyl (C=O) groups excluding carboxylic acids is 1. The van der Waals surface area contributed by atoms with Gasteiger partial charge in [0.2, 0.25) is 0 Å². The molecule has 0 saturated carbocycles. The van der Waals surface area contributed by atoms with Crippen LogP contribution in [-0.2, 0) is 0 Å². The van der Waals surface area contributed by atoms with Crippen molar-refractivity contribution in [3.63, 3.8) is 0 Å². The largest absolute Gasteiger partial charge is 0.361 e. The van der Waals surface area contributed by atoms with Crippen LogP contribution >= 0.6 is 0 Å². The number of aromatic amines is 1. The quantitative estimate of drug-likeness (QED) is 0.561. The number of rotatable bonds is 4. The molecule has 0 saturated heterocycles. The molecule has 2 N–H and O–H groups in total. The Morgan fingerprint density at radius 2 is 1.44 bits per heavy atom. The maximum absolute atomic E-state index is 12.8. The Kier molecular flexibility index (Phi) is 4.05. The van der Waals surface area contributed by atoms with Gasteiger partial charge in [-0.2, -0.15) is 0 Å². The molecule has 1 aromatic heterocycles. The first-order valence-corrected chi connectivity index (χ1v) is 8.29. The lowest BCUT2D eigenvalue weighted by molar-refractivity contribution is 0.0943. The van der Waals surface area contributed by atoms with Gasteiger partial charge in [-0.15, -0.1) is 0 Å². The number of aromatic nitrogens is 1. The lowest BCUT2D eigenvalue weighted by atomic mass is 9.98. The van der Waals surface area contributed by atoms with Crippen LogP contribution in [0.15, 0.2) is 91.1 Å². The number of nitrogens with one attached hydrogen (secondary N) is 2. The summed E-state index contributed by atoms with van der Waals surface area (Å²) < 4.78 is 0. The first-order valence-electron chi connectivity index (χ1n) is 8.29. The molecule has 4 rings (SSSR count). The van der Waals surface area contributed by atoms with Crippen molar-refractivity contribution in [2.24, 2.45) is 0 Å². The normalized spacial score (nSPS) is 10.9. The van der Waals surface area contributed by atoms with Crippen LogP contribution in [0.1, 0.15) is 27.5 Å². The van der Waals surface area contributed by atoms with E-state index < -0.39 is 0 Å². The average molecular weight is 326 g/mol. The summed E-state index contributed by atoms with van der Waals surface area (Å²) in [4.78, 5) is 16.0. The summed E-state index contributed by atoms with van der Waals surface area (Å²) >= 11 is 0. The van der Waals surface area contributed by atoms with Crippen molar-refractivity contribution in [3.05, 3.63) is 108 Å². The summed E-state index contributed by atoms with van der Waals surface area (Å²) in [5, 5.41) is 4.20. The van der Waals surface area contributed by atoms with Crippen LogP contribution in [0.4, 0.5) is 0 Å². The molecule has 0 fully saturated rings. The van der Waals surface area contributed by atoms with Crippen molar-refractivity contribution in [1.82, 2.24) is 10.3 Å². The standard InChI is InChI=1S/C22H18N2O/c25-22(19-11-12-20-18(15-19)13-14-23-20)24-21(16-7-3-1-4-8-16)17-9-5-2-6-10-17/h1-15,21,23H,(H,24,25).